The van der Waals surface area contributed by atoms with E-state index in [9.17, 15) is 0 Å². The van der Waals surface area contributed by atoms with Crippen LogP contribution in [0.4, 0.5) is 0 Å². The van der Waals surface area contributed by atoms with Crippen molar-refractivity contribution in [1.29, 1.82) is 0 Å². The minimum absolute atomic E-state index is 0.232. The Morgan fingerprint density at radius 2 is 2.24 bits per heavy atom. The van der Waals surface area contributed by atoms with Crippen molar-refractivity contribution in [2.24, 2.45) is 7.05 Å². The van der Waals surface area contributed by atoms with Crippen LogP contribution in [-0.2, 0) is 19.9 Å². The first kappa shape index (κ1) is 14.1. The van der Waals surface area contributed by atoms with Crippen molar-refractivity contribution in [3.63, 3.8) is 0 Å². The van der Waals surface area contributed by atoms with Gasteiger partial charge in [-0.15, -0.1) is 0 Å². The molecule has 4 heteroatoms. The highest BCUT2D eigenvalue weighted by Gasteiger charge is 2.29. The molecule has 0 aliphatic carbocycles. The molecule has 2 heterocycles. The number of rotatable bonds is 6. The van der Waals surface area contributed by atoms with Gasteiger partial charge in [0.1, 0.15) is 11.9 Å². The molecule has 2 unspecified atom stereocenters. The highest BCUT2D eigenvalue weighted by molar-refractivity contribution is 5.37. The fourth-order valence-corrected chi connectivity index (χ4v) is 3.06. The Kier molecular flexibility index (Phi) is 4.25. The first-order valence-electron chi connectivity index (χ1n) is 7.72. The number of para-hydroxylation sites is 1. The maximum atomic E-state index is 6.14. The Morgan fingerprint density at radius 3 is 2.95 bits per heavy atom. The molecule has 0 bridgehead atoms. The van der Waals surface area contributed by atoms with Crippen LogP contribution in [0.25, 0.3) is 0 Å². The molecule has 3 rings (SSSR count). The number of likely N-dealkylation sites (N-methyl/N-ethyl adjacent to an activating group) is 1. The minimum Gasteiger partial charge on any atom is -0.488 e. The predicted molar refractivity (Wildman–Crippen MR) is 83.6 cm³/mol. The van der Waals surface area contributed by atoms with Gasteiger partial charge in [-0.3, -0.25) is 4.68 Å². The van der Waals surface area contributed by atoms with Crippen LogP contribution in [0.3, 0.4) is 0 Å². The van der Waals surface area contributed by atoms with E-state index in [1.165, 1.54) is 11.3 Å². The summed E-state index contributed by atoms with van der Waals surface area (Å²) < 4.78 is 8.09. The number of nitrogens with one attached hydrogen (secondary N) is 1. The van der Waals surface area contributed by atoms with Gasteiger partial charge in [-0.25, -0.2) is 0 Å². The third-order valence-corrected chi connectivity index (χ3v) is 4.22. The fourth-order valence-electron chi connectivity index (χ4n) is 3.06. The van der Waals surface area contributed by atoms with Gasteiger partial charge < -0.3 is 10.1 Å². The third-order valence-electron chi connectivity index (χ3n) is 4.22. The van der Waals surface area contributed by atoms with Gasteiger partial charge in [-0.05, 0) is 37.1 Å². The van der Waals surface area contributed by atoms with Gasteiger partial charge in [-0.2, -0.15) is 5.10 Å². The lowest BCUT2D eigenvalue weighted by Crippen LogP contribution is -2.42. The Labute approximate surface area is 126 Å². The molecule has 1 aliphatic rings. The van der Waals surface area contributed by atoms with E-state index in [2.05, 4.69) is 41.6 Å². The van der Waals surface area contributed by atoms with Crippen LogP contribution < -0.4 is 10.1 Å². The van der Waals surface area contributed by atoms with Crippen LogP contribution in [0.1, 0.15) is 24.6 Å². The van der Waals surface area contributed by atoms with Gasteiger partial charge in [0.05, 0.1) is 0 Å². The van der Waals surface area contributed by atoms with E-state index in [1.54, 1.807) is 0 Å². The molecule has 0 radical (unpaired) electrons. The van der Waals surface area contributed by atoms with Crippen LogP contribution in [0.2, 0.25) is 0 Å². The molecule has 0 saturated heterocycles. The summed E-state index contributed by atoms with van der Waals surface area (Å²) >= 11 is 0. The van der Waals surface area contributed by atoms with Crippen LogP contribution in [0.5, 0.6) is 5.75 Å². The summed E-state index contributed by atoms with van der Waals surface area (Å²) in [7, 11) is 2.00. The molecule has 21 heavy (non-hydrogen) atoms. The second-order valence-electron chi connectivity index (χ2n) is 5.62. The summed E-state index contributed by atoms with van der Waals surface area (Å²) in [6, 6.07) is 10.8. The largest absolute Gasteiger partial charge is 0.488 e. The molecule has 112 valence electrons. The van der Waals surface area contributed by atoms with E-state index < -0.39 is 0 Å². The number of aryl methyl sites for hydroxylation is 2. The van der Waals surface area contributed by atoms with E-state index in [1.807, 2.05) is 24.0 Å². The Morgan fingerprint density at radius 1 is 1.38 bits per heavy atom. The summed E-state index contributed by atoms with van der Waals surface area (Å²) in [6.45, 7) is 3.12. The van der Waals surface area contributed by atoms with Gasteiger partial charge in [0, 0.05) is 31.4 Å². The van der Waals surface area contributed by atoms with Gasteiger partial charge in [0.15, 0.2) is 0 Å². The van der Waals surface area contributed by atoms with Crippen LogP contribution in [-0.4, -0.2) is 28.5 Å². The maximum Gasteiger partial charge on any atom is 0.123 e. The molecule has 0 amide bonds. The number of nitrogens with zero attached hydrogens (tertiary/aromatic N) is 2. The van der Waals surface area contributed by atoms with Gasteiger partial charge in [0.25, 0.3) is 0 Å². The van der Waals surface area contributed by atoms with E-state index in [0.717, 1.165) is 31.6 Å². The van der Waals surface area contributed by atoms with Gasteiger partial charge in [0.2, 0.25) is 0 Å². The molecule has 1 aromatic carbocycles. The molecule has 2 atom stereocenters. The smallest absolute Gasteiger partial charge is 0.123 e. The van der Waals surface area contributed by atoms with Crippen LogP contribution >= 0.6 is 0 Å². The number of ether oxygens (including phenoxy) is 1. The normalized spacial score (nSPS) is 18.3. The first-order valence-corrected chi connectivity index (χ1v) is 7.72. The zero-order valence-corrected chi connectivity index (χ0v) is 12.7. The Bertz CT molecular complexity index is 568. The maximum absolute atomic E-state index is 6.14. The molecule has 0 saturated carbocycles. The SMILES string of the molecule is CCNC(CCc1ccnn1C)C1Cc2ccccc2O1. The molecular weight excluding hydrogens is 262 g/mol. The standard InChI is InChI=1S/C17H23N3O/c1-3-18-15(9-8-14-10-11-19-20(14)2)17-12-13-6-4-5-7-16(13)21-17/h4-7,10-11,15,17-18H,3,8-9,12H2,1-2H3. The summed E-state index contributed by atoms with van der Waals surface area (Å²) in [4.78, 5) is 0. The predicted octanol–water partition coefficient (Wildman–Crippen LogP) is 2.33. The van der Waals surface area contributed by atoms with E-state index in [4.69, 9.17) is 4.74 Å². The van der Waals surface area contributed by atoms with Gasteiger partial charge >= 0.3 is 0 Å². The summed E-state index contributed by atoms with van der Waals surface area (Å²) in [6.07, 6.45) is 5.17. The molecule has 1 aromatic heterocycles. The van der Waals surface area contributed by atoms with Crippen molar-refractivity contribution in [1.82, 2.24) is 15.1 Å². The lowest BCUT2D eigenvalue weighted by atomic mass is 9.99. The zero-order chi connectivity index (χ0) is 14.7. The van der Waals surface area contributed by atoms with Crippen molar-refractivity contribution < 1.29 is 4.74 Å². The summed E-state index contributed by atoms with van der Waals surface area (Å²) in [5, 5.41) is 7.82. The average molecular weight is 285 g/mol. The number of hydrogen-bond acceptors (Lipinski definition) is 3. The summed E-state index contributed by atoms with van der Waals surface area (Å²) in [5.74, 6) is 1.05. The monoisotopic (exact) mass is 285 g/mol. The molecule has 0 fully saturated rings. The number of fused-ring (bicyclic) bond motifs is 1. The van der Waals surface area contributed by atoms with Crippen LogP contribution in [0, 0.1) is 0 Å². The van der Waals surface area contributed by atoms with Crippen molar-refractivity contribution in [2.75, 3.05) is 6.54 Å². The number of benzene rings is 1. The fraction of sp³-hybridized carbons (Fsp3) is 0.471. The Hall–Kier alpha value is -1.81. The van der Waals surface area contributed by atoms with Gasteiger partial charge in [-0.1, -0.05) is 25.1 Å². The zero-order valence-electron chi connectivity index (χ0n) is 12.7. The quantitative estimate of drug-likeness (QED) is 0.885. The average Bonchev–Trinajstić information content (AvgIpc) is 3.09. The van der Waals surface area contributed by atoms with Crippen LogP contribution in [0.15, 0.2) is 36.5 Å². The number of hydrogen-bond donors (Lipinski definition) is 1. The molecular formula is C17H23N3O. The molecule has 1 aliphatic heterocycles. The minimum atomic E-state index is 0.232. The molecule has 0 spiro atoms. The van der Waals surface area contributed by atoms with Crippen molar-refractivity contribution in [3.8, 4) is 5.75 Å². The lowest BCUT2D eigenvalue weighted by molar-refractivity contribution is 0.172. The van der Waals surface area contributed by atoms with Crippen molar-refractivity contribution in [2.45, 2.75) is 38.3 Å². The van der Waals surface area contributed by atoms with E-state index >= 15 is 0 Å². The highest BCUT2D eigenvalue weighted by Crippen LogP contribution is 2.30. The number of aromatic nitrogens is 2. The topological polar surface area (TPSA) is 39.1 Å². The van der Waals surface area contributed by atoms with E-state index in [-0.39, 0.29) is 6.10 Å². The first-order chi connectivity index (χ1) is 10.3. The van der Waals surface area contributed by atoms with Crippen molar-refractivity contribution in [3.05, 3.63) is 47.8 Å². The highest BCUT2D eigenvalue weighted by atomic mass is 16.5. The molecule has 4 nitrogen and oxygen atoms in total. The second-order valence-corrected chi connectivity index (χ2v) is 5.62. The second kappa shape index (κ2) is 6.31. The Balaban J connectivity index is 1.64. The molecule has 2 aromatic rings. The summed E-state index contributed by atoms with van der Waals surface area (Å²) in [5.41, 5.74) is 2.60. The lowest BCUT2D eigenvalue weighted by Gasteiger charge is -2.24. The molecule has 1 N–H and O–H groups in total. The van der Waals surface area contributed by atoms with E-state index in [0.29, 0.717) is 6.04 Å². The third kappa shape index (κ3) is 3.10. The van der Waals surface area contributed by atoms with Crippen molar-refractivity contribution >= 4 is 0 Å².